The van der Waals surface area contributed by atoms with Gasteiger partial charge in [0.05, 0.1) is 16.7 Å². The Hall–Kier alpha value is -1.18. The van der Waals surface area contributed by atoms with Crippen LogP contribution >= 0.6 is 0 Å². The van der Waals surface area contributed by atoms with Crippen LogP contribution in [0.15, 0.2) is 11.0 Å². The molecule has 1 aliphatic rings. The molecule has 1 aliphatic heterocycles. The van der Waals surface area contributed by atoms with Gasteiger partial charge in [-0.1, -0.05) is 0 Å². The summed E-state index contributed by atoms with van der Waals surface area (Å²) in [5, 5.41) is 0. The highest BCUT2D eigenvalue weighted by atomic mass is 32.2. The van der Waals surface area contributed by atoms with E-state index in [1.807, 2.05) is 0 Å². The summed E-state index contributed by atoms with van der Waals surface area (Å²) in [5.74, 6) is -0.588. The maximum absolute atomic E-state index is 13.5. The number of nitrogens with two attached hydrogens (primary N) is 1. The number of methoxy groups -OCH3 is 1. The molecule has 1 heterocycles. The van der Waals surface area contributed by atoms with E-state index in [9.17, 15) is 12.8 Å². The number of hydrogen-bond acceptors (Lipinski definition) is 4. The third kappa shape index (κ3) is 2.41. The quantitative estimate of drug-likeness (QED) is 0.857. The first-order chi connectivity index (χ1) is 9.28. The van der Waals surface area contributed by atoms with Crippen LogP contribution in [0.3, 0.4) is 0 Å². The molecule has 1 aromatic rings. The van der Waals surface area contributed by atoms with Crippen molar-refractivity contribution in [1.82, 2.24) is 4.31 Å². The number of nitrogens with zero attached hydrogens (tertiary/aromatic N) is 1. The highest BCUT2D eigenvalue weighted by molar-refractivity contribution is 7.89. The second-order valence-corrected chi connectivity index (χ2v) is 6.93. The molecule has 0 bridgehead atoms. The molecule has 5 nitrogen and oxygen atoms in total. The Morgan fingerprint density at radius 3 is 2.65 bits per heavy atom. The van der Waals surface area contributed by atoms with Gasteiger partial charge in [-0.15, -0.1) is 0 Å². The number of ether oxygens (including phenoxy) is 1. The predicted octanol–water partition coefficient (Wildman–Crippen LogP) is 1.43. The Bertz CT molecular complexity index is 631. The molecule has 0 spiro atoms. The van der Waals surface area contributed by atoms with Gasteiger partial charge in [-0.05, 0) is 37.5 Å². The molecule has 20 heavy (non-hydrogen) atoms. The Kier molecular flexibility index (Phi) is 4.04. The van der Waals surface area contributed by atoms with Gasteiger partial charge in [0.1, 0.15) is 5.82 Å². The van der Waals surface area contributed by atoms with Crippen LogP contribution in [-0.4, -0.2) is 39.0 Å². The summed E-state index contributed by atoms with van der Waals surface area (Å²) >= 11 is 0. The lowest BCUT2D eigenvalue weighted by atomic mass is 10.1. The Balaban J connectivity index is 2.48. The highest BCUT2D eigenvalue weighted by Crippen LogP contribution is 2.31. The Morgan fingerprint density at radius 2 is 2.10 bits per heavy atom. The second-order valence-electron chi connectivity index (χ2n) is 5.05. The SMILES string of the molecule is COC1CCN(S(=O)(=O)c2c(C)cc(F)c(N)c2C)C1. The standard InChI is InChI=1S/C13H19FN2O3S/c1-8-6-11(14)12(15)9(2)13(8)20(17,18)16-5-4-10(7-16)19-3/h6,10H,4-5,7,15H2,1-3H3. The third-order valence-electron chi connectivity index (χ3n) is 3.74. The van der Waals surface area contributed by atoms with Crippen LogP contribution in [0.1, 0.15) is 17.5 Å². The lowest BCUT2D eigenvalue weighted by molar-refractivity contribution is 0.115. The molecule has 0 aliphatic carbocycles. The Morgan fingerprint density at radius 1 is 1.45 bits per heavy atom. The van der Waals surface area contributed by atoms with Gasteiger partial charge in [0.15, 0.2) is 0 Å². The molecular weight excluding hydrogens is 283 g/mol. The van der Waals surface area contributed by atoms with Crippen molar-refractivity contribution in [2.24, 2.45) is 0 Å². The van der Waals surface area contributed by atoms with Gasteiger partial charge in [0, 0.05) is 20.2 Å². The van der Waals surface area contributed by atoms with Crippen molar-refractivity contribution in [1.29, 1.82) is 0 Å². The van der Waals surface area contributed by atoms with Crippen LogP contribution in [0.2, 0.25) is 0 Å². The van der Waals surface area contributed by atoms with Crippen molar-refractivity contribution in [3.8, 4) is 0 Å². The average molecular weight is 302 g/mol. The molecule has 0 radical (unpaired) electrons. The minimum absolute atomic E-state index is 0.0943. The van der Waals surface area contributed by atoms with Gasteiger partial charge >= 0.3 is 0 Å². The minimum atomic E-state index is -3.68. The van der Waals surface area contributed by atoms with E-state index in [0.717, 1.165) is 0 Å². The van der Waals surface area contributed by atoms with E-state index >= 15 is 0 Å². The van der Waals surface area contributed by atoms with Crippen LogP contribution in [0, 0.1) is 19.7 Å². The first-order valence-corrected chi connectivity index (χ1v) is 7.81. The molecule has 2 N–H and O–H groups in total. The van der Waals surface area contributed by atoms with Gasteiger partial charge in [-0.3, -0.25) is 0 Å². The Labute approximate surface area is 118 Å². The fourth-order valence-electron chi connectivity index (χ4n) is 2.56. The summed E-state index contributed by atoms with van der Waals surface area (Å²) < 4.78 is 45.5. The molecule has 1 aromatic carbocycles. The predicted molar refractivity (Wildman–Crippen MR) is 74.5 cm³/mol. The van der Waals surface area contributed by atoms with Crippen molar-refractivity contribution in [2.45, 2.75) is 31.3 Å². The molecule has 0 amide bonds. The van der Waals surface area contributed by atoms with Crippen LogP contribution in [-0.2, 0) is 14.8 Å². The van der Waals surface area contributed by atoms with Crippen molar-refractivity contribution < 1.29 is 17.5 Å². The summed E-state index contributed by atoms with van der Waals surface area (Å²) in [6.45, 7) is 3.82. The zero-order valence-electron chi connectivity index (χ0n) is 11.8. The monoisotopic (exact) mass is 302 g/mol. The number of sulfonamides is 1. The summed E-state index contributed by atoms with van der Waals surface area (Å²) in [6, 6.07) is 1.17. The number of aryl methyl sites for hydroxylation is 1. The van der Waals surface area contributed by atoms with E-state index in [1.165, 1.54) is 17.3 Å². The normalized spacial score (nSPS) is 20.5. The average Bonchev–Trinajstić information content (AvgIpc) is 2.85. The van der Waals surface area contributed by atoms with E-state index in [2.05, 4.69) is 0 Å². The number of anilines is 1. The molecule has 1 unspecified atom stereocenters. The van der Waals surface area contributed by atoms with Crippen molar-refractivity contribution in [2.75, 3.05) is 25.9 Å². The van der Waals surface area contributed by atoms with Crippen LogP contribution in [0.25, 0.3) is 0 Å². The van der Waals surface area contributed by atoms with Crippen molar-refractivity contribution >= 4 is 15.7 Å². The topological polar surface area (TPSA) is 72.6 Å². The zero-order valence-corrected chi connectivity index (χ0v) is 12.6. The fraction of sp³-hybridized carbons (Fsp3) is 0.538. The number of nitrogen functional groups attached to an aromatic ring is 1. The molecule has 1 atom stereocenters. The summed E-state index contributed by atoms with van der Waals surface area (Å²) in [6.07, 6.45) is 0.563. The fourth-order valence-corrected chi connectivity index (χ4v) is 4.49. The van der Waals surface area contributed by atoms with E-state index in [4.69, 9.17) is 10.5 Å². The van der Waals surface area contributed by atoms with Crippen molar-refractivity contribution in [3.05, 3.63) is 23.0 Å². The number of hydrogen-bond donors (Lipinski definition) is 1. The first-order valence-electron chi connectivity index (χ1n) is 6.37. The molecule has 112 valence electrons. The molecule has 2 rings (SSSR count). The first kappa shape index (κ1) is 15.2. The maximum Gasteiger partial charge on any atom is 0.243 e. The zero-order chi connectivity index (χ0) is 15.1. The van der Waals surface area contributed by atoms with Gasteiger partial charge in [-0.2, -0.15) is 4.31 Å². The van der Waals surface area contributed by atoms with Crippen LogP contribution in [0.4, 0.5) is 10.1 Å². The number of rotatable bonds is 3. The molecule has 0 saturated carbocycles. The van der Waals surface area contributed by atoms with Crippen LogP contribution < -0.4 is 5.73 Å². The summed E-state index contributed by atoms with van der Waals surface area (Å²) in [7, 11) is -2.11. The number of halogens is 1. The van der Waals surface area contributed by atoms with Crippen molar-refractivity contribution in [3.63, 3.8) is 0 Å². The molecule has 7 heteroatoms. The largest absolute Gasteiger partial charge is 0.396 e. The smallest absolute Gasteiger partial charge is 0.243 e. The van der Waals surface area contributed by atoms with Gasteiger partial charge in [0.2, 0.25) is 10.0 Å². The molecule has 1 fully saturated rings. The summed E-state index contributed by atoms with van der Waals surface area (Å²) in [4.78, 5) is 0.105. The lowest BCUT2D eigenvalue weighted by Gasteiger charge is -2.20. The third-order valence-corrected chi connectivity index (χ3v) is 5.90. The van der Waals surface area contributed by atoms with E-state index in [0.29, 0.717) is 25.1 Å². The van der Waals surface area contributed by atoms with E-state index in [1.54, 1.807) is 14.0 Å². The number of benzene rings is 1. The summed E-state index contributed by atoms with van der Waals surface area (Å²) in [5.41, 5.74) is 6.14. The van der Waals surface area contributed by atoms with Gasteiger partial charge in [0.25, 0.3) is 0 Å². The molecule has 1 saturated heterocycles. The van der Waals surface area contributed by atoms with Gasteiger partial charge in [-0.25, -0.2) is 12.8 Å². The molecular formula is C13H19FN2O3S. The van der Waals surface area contributed by atoms with Gasteiger partial charge < -0.3 is 10.5 Å². The van der Waals surface area contributed by atoms with E-state index in [-0.39, 0.29) is 22.3 Å². The van der Waals surface area contributed by atoms with Crippen LogP contribution in [0.5, 0.6) is 0 Å². The lowest BCUT2D eigenvalue weighted by Crippen LogP contribution is -2.31. The maximum atomic E-state index is 13.5. The second kappa shape index (κ2) is 5.31. The van der Waals surface area contributed by atoms with E-state index < -0.39 is 15.8 Å². The minimum Gasteiger partial charge on any atom is -0.396 e. The molecule has 0 aromatic heterocycles. The highest BCUT2D eigenvalue weighted by Gasteiger charge is 2.35.